The summed E-state index contributed by atoms with van der Waals surface area (Å²) >= 11 is 12.5. The molecule has 3 aromatic carbocycles. The Labute approximate surface area is 202 Å². The molecule has 2 N–H and O–H groups in total. The number of H-pyrrole nitrogens is 1. The number of sulfonamides is 1. The van der Waals surface area contributed by atoms with Crippen molar-refractivity contribution in [1.82, 2.24) is 4.98 Å². The van der Waals surface area contributed by atoms with Gasteiger partial charge in [-0.15, -0.1) is 0 Å². The van der Waals surface area contributed by atoms with E-state index in [1.54, 1.807) is 36.4 Å². The first-order chi connectivity index (χ1) is 15.7. The smallest absolute Gasteiger partial charge is 0.267 e. The average molecular weight is 501 g/mol. The van der Waals surface area contributed by atoms with Crippen molar-refractivity contribution in [3.8, 4) is 0 Å². The molecule has 170 valence electrons. The lowest BCUT2D eigenvalue weighted by Gasteiger charge is -2.41. The zero-order valence-corrected chi connectivity index (χ0v) is 20.3. The van der Waals surface area contributed by atoms with Crippen molar-refractivity contribution >= 4 is 49.9 Å². The Morgan fingerprint density at radius 1 is 0.970 bits per heavy atom. The van der Waals surface area contributed by atoms with E-state index >= 15 is 0 Å². The Bertz CT molecular complexity index is 1470. The van der Waals surface area contributed by atoms with Crippen LogP contribution in [0.1, 0.15) is 29.5 Å². The van der Waals surface area contributed by atoms with Gasteiger partial charge in [-0.25, -0.2) is 12.7 Å². The van der Waals surface area contributed by atoms with Gasteiger partial charge in [0.2, 0.25) is 0 Å². The number of hydrogen-bond acceptors (Lipinski definition) is 3. The molecule has 0 fully saturated rings. The summed E-state index contributed by atoms with van der Waals surface area (Å²) in [5.74, 6) is -0.405. The van der Waals surface area contributed by atoms with Crippen molar-refractivity contribution in [1.29, 1.82) is 0 Å². The molecule has 5 rings (SSSR count). The van der Waals surface area contributed by atoms with Crippen LogP contribution in [0.4, 0.5) is 5.82 Å². The van der Waals surface area contributed by atoms with E-state index < -0.39 is 22.2 Å². The van der Waals surface area contributed by atoms with Crippen LogP contribution in [-0.2, 0) is 10.0 Å². The third-order valence-electron chi connectivity index (χ3n) is 6.37. The highest BCUT2D eigenvalue weighted by Crippen LogP contribution is 2.50. The zero-order chi connectivity index (χ0) is 23.5. The highest BCUT2D eigenvalue weighted by atomic mass is 35.5. The van der Waals surface area contributed by atoms with Crippen molar-refractivity contribution < 1.29 is 13.5 Å². The Kier molecular flexibility index (Phi) is 5.45. The summed E-state index contributed by atoms with van der Waals surface area (Å²) in [5, 5.41) is 13.1. The minimum absolute atomic E-state index is 0.122. The summed E-state index contributed by atoms with van der Waals surface area (Å²) in [4.78, 5) is 3.38. The average Bonchev–Trinajstić information content (AvgIpc) is 3.15. The van der Waals surface area contributed by atoms with Gasteiger partial charge in [0.1, 0.15) is 12.0 Å². The van der Waals surface area contributed by atoms with Crippen LogP contribution in [0.5, 0.6) is 0 Å². The van der Waals surface area contributed by atoms with Crippen LogP contribution in [0.25, 0.3) is 10.9 Å². The van der Waals surface area contributed by atoms with E-state index in [-0.39, 0.29) is 10.8 Å². The highest BCUT2D eigenvalue weighted by molar-refractivity contribution is 7.92. The maximum absolute atomic E-state index is 13.7. The summed E-state index contributed by atoms with van der Waals surface area (Å²) in [5.41, 5.74) is 3.40. The van der Waals surface area contributed by atoms with Crippen molar-refractivity contribution in [2.75, 3.05) is 4.31 Å². The Morgan fingerprint density at radius 3 is 2.36 bits per heavy atom. The van der Waals surface area contributed by atoms with Gasteiger partial charge in [-0.3, -0.25) is 0 Å². The predicted molar refractivity (Wildman–Crippen MR) is 133 cm³/mol. The van der Waals surface area contributed by atoms with E-state index in [1.807, 2.05) is 44.2 Å². The highest BCUT2D eigenvalue weighted by Gasteiger charge is 2.46. The largest absolute Gasteiger partial charge is 0.372 e. The molecule has 0 saturated heterocycles. The number of rotatable bonds is 3. The maximum atomic E-state index is 13.7. The van der Waals surface area contributed by atoms with Gasteiger partial charge in [0.25, 0.3) is 10.0 Å². The van der Waals surface area contributed by atoms with Crippen LogP contribution in [0.3, 0.4) is 0 Å². The normalized spacial score (nSPS) is 20.8. The van der Waals surface area contributed by atoms with Crippen LogP contribution in [-0.4, -0.2) is 24.7 Å². The molecule has 5 nitrogen and oxygen atoms in total. The number of nitrogens with one attached hydrogen (secondary N) is 1. The van der Waals surface area contributed by atoms with Gasteiger partial charge in [0, 0.05) is 28.3 Å². The molecule has 0 aliphatic carbocycles. The number of nitrogens with zero attached hydrogens (tertiary/aromatic N) is 1. The first kappa shape index (κ1) is 22.3. The van der Waals surface area contributed by atoms with E-state index in [0.717, 1.165) is 31.9 Å². The molecule has 2 heterocycles. The minimum atomic E-state index is -4.04. The molecule has 33 heavy (non-hydrogen) atoms. The second kappa shape index (κ2) is 8.06. The zero-order valence-electron chi connectivity index (χ0n) is 18.0. The number of hydrogen-bond donors (Lipinski definition) is 2. The lowest BCUT2D eigenvalue weighted by Crippen LogP contribution is -2.49. The first-order valence-corrected chi connectivity index (χ1v) is 12.7. The van der Waals surface area contributed by atoms with E-state index in [9.17, 15) is 13.5 Å². The molecule has 0 saturated carbocycles. The Morgan fingerprint density at radius 2 is 1.67 bits per heavy atom. The molecule has 4 aromatic rings. The number of halogens is 2. The number of aliphatic hydroxyl groups excluding tert-OH is 1. The number of anilines is 1. The lowest BCUT2D eigenvalue weighted by atomic mass is 9.78. The van der Waals surface area contributed by atoms with Gasteiger partial charge >= 0.3 is 0 Å². The molecule has 0 spiro atoms. The van der Waals surface area contributed by atoms with Gasteiger partial charge in [-0.2, -0.15) is 0 Å². The minimum Gasteiger partial charge on any atom is -0.372 e. The standard InChI is InChI=1S/C25H22Cl2N2O3S/c1-14-7-10-17(11-8-14)33(31,32)29-24-23(18-5-3-4-6-21(18)28-24)22(15(2)25(29)30)16-9-12-19(26)20(27)13-16/h3-13,15,22,25,28,30H,1-2H3/t15-,22+,25-/m1/s1. The summed E-state index contributed by atoms with van der Waals surface area (Å²) in [6.45, 7) is 3.74. The lowest BCUT2D eigenvalue weighted by molar-refractivity contribution is 0.112. The molecule has 1 aromatic heterocycles. The predicted octanol–water partition coefficient (Wildman–Crippen LogP) is 6.08. The number of aryl methyl sites for hydroxylation is 1. The maximum Gasteiger partial charge on any atom is 0.267 e. The van der Waals surface area contributed by atoms with Crippen molar-refractivity contribution in [3.05, 3.63) is 93.5 Å². The van der Waals surface area contributed by atoms with Crippen LogP contribution in [0, 0.1) is 12.8 Å². The fourth-order valence-electron chi connectivity index (χ4n) is 4.68. The molecular formula is C25H22Cl2N2O3S. The van der Waals surface area contributed by atoms with Crippen LogP contribution < -0.4 is 4.31 Å². The van der Waals surface area contributed by atoms with Crippen LogP contribution >= 0.6 is 23.2 Å². The molecule has 1 aliphatic heterocycles. The summed E-state index contributed by atoms with van der Waals surface area (Å²) < 4.78 is 28.6. The van der Waals surface area contributed by atoms with E-state index in [0.29, 0.717) is 15.9 Å². The summed E-state index contributed by atoms with van der Waals surface area (Å²) in [6, 6.07) is 19.7. The molecule has 1 aliphatic rings. The van der Waals surface area contributed by atoms with Crippen LogP contribution in [0.2, 0.25) is 10.0 Å². The topological polar surface area (TPSA) is 73.4 Å². The third-order valence-corrected chi connectivity index (χ3v) is 8.90. The van der Waals surface area contributed by atoms with Crippen LogP contribution in [0.15, 0.2) is 71.6 Å². The molecule has 8 heteroatoms. The second-order valence-corrected chi connectivity index (χ2v) is 11.1. The number of aromatic amines is 1. The Balaban J connectivity index is 1.77. The number of fused-ring (bicyclic) bond motifs is 3. The molecular weight excluding hydrogens is 479 g/mol. The van der Waals surface area contributed by atoms with Gasteiger partial charge in [-0.05, 0) is 42.8 Å². The monoisotopic (exact) mass is 500 g/mol. The number of para-hydroxylation sites is 1. The SMILES string of the molecule is Cc1ccc(S(=O)(=O)N2c3[nH]c4ccccc4c3[C@H](c3ccc(Cl)c(Cl)c3)[C@@H](C)[C@H]2O)cc1. The van der Waals surface area contributed by atoms with Gasteiger partial charge in [-0.1, -0.05) is 72.1 Å². The van der Waals surface area contributed by atoms with Gasteiger partial charge < -0.3 is 10.1 Å². The van der Waals surface area contributed by atoms with Crippen molar-refractivity contribution in [2.45, 2.75) is 30.9 Å². The molecule has 3 atom stereocenters. The van der Waals surface area contributed by atoms with E-state index in [1.165, 1.54) is 0 Å². The molecule has 0 bridgehead atoms. The number of aromatic nitrogens is 1. The molecule has 0 amide bonds. The second-order valence-electron chi connectivity index (χ2n) is 8.47. The van der Waals surface area contributed by atoms with Gasteiger partial charge in [0.15, 0.2) is 0 Å². The van der Waals surface area contributed by atoms with Crippen molar-refractivity contribution in [3.63, 3.8) is 0 Å². The number of benzene rings is 3. The third kappa shape index (κ3) is 3.53. The Hall–Kier alpha value is -2.51. The van der Waals surface area contributed by atoms with E-state index in [4.69, 9.17) is 23.2 Å². The quantitative estimate of drug-likeness (QED) is 0.358. The van der Waals surface area contributed by atoms with E-state index in [2.05, 4.69) is 4.98 Å². The fourth-order valence-corrected chi connectivity index (χ4v) is 6.56. The van der Waals surface area contributed by atoms with Crippen molar-refractivity contribution in [2.24, 2.45) is 5.92 Å². The first-order valence-electron chi connectivity index (χ1n) is 10.5. The molecule has 0 radical (unpaired) electrons. The molecule has 0 unspecified atom stereocenters. The fraction of sp³-hybridized carbons (Fsp3) is 0.200. The van der Waals surface area contributed by atoms with Gasteiger partial charge in [0.05, 0.1) is 14.9 Å². The number of aliphatic hydroxyl groups is 1. The summed E-state index contributed by atoms with van der Waals surface area (Å²) in [6.07, 6.45) is -1.30. The summed E-state index contributed by atoms with van der Waals surface area (Å²) in [7, 11) is -4.04.